The fourth-order valence-electron chi connectivity index (χ4n) is 0.946. The highest BCUT2D eigenvalue weighted by Crippen LogP contribution is 2.09. The monoisotopic (exact) mass is 131 g/mol. The molecule has 0 aliphatic carbocycles. The Hall–Kier alpha value is -0.120. The molecule has 1 saturated heterocycles. The summed E-state index contributed by atoms with van der Waals surface area (Å²) in [6.45, 7) is 2.71. The van der Waals surface area contributed by atoms with Crippen LogP contribution in [0.4, 0.5) is 0 Å². The van der Waals surface area contributed by atoms with E-state index >= 15 is 0 Å². The predicted molar refractivity (Wildman–Crippen MR) is 33.9 cm³/mol. The summed E-state index contributed by atoms with van der Waals surface area (Å²) in [5.74, 6) is 0.657. The second-order valence-electron chi connectivity index (χ2n) is 2.28. The van der Waals surface area contributed by atoms with Crippen molar-refractivity contribution in [2.75, 3.05) is 26.9 Å². The Morgan fingerprint density at radius 2 is 2.67 bits per heavy atom. The number of nitrogens with one attached hydrogen (secondary N) is 1. The van der Waals surface area contributed by atoms with Gasteiger partial charge >= 0.3 is 0 Å². The molecule has 1 heterocycles. The number of ether oxygens (including phenoxy) is 1. The molecule has 9 heavy (non-hydrogen) atoms. The Bertz CT molecular complexity index is 71.5. The van der Waals surface area contributed by atoms with E-state index in [0.717, 1.165) is 26.2 Å². The zero-order chi connectivity index (χ0) is 6.53. The van der Waals surface area contributed by atoms with Crippen LogP contribution in [0.2, 0.25) is 0 Å². The van der Waals surface area contributed by atoms with Crippen LogP contribution in [0.5, 0.6) is 0 Å². The van der Waals surface area contributed by atoms with Gasteiger partial charge in [0.2, 0.25) is 0 Å². The second-order valence-corrected chi connectivity index (χ2v) is 2.28. The van der Waals surface area contributed by atoms with E-state index in [0.29, 0.717) is 5.92 Å². The number of hydroxylamine groups is 1. The van der Waals surface area contributed by atoms with Crippen molar-refractivity contribution in [1.82, 2.24) is 5.48 Å². The third kappa shape index (κ3) is 2.30. The second kappa shape index (κ2) is 3.82. The van der Waals surface area contributed by atoms with Crippen LogP contribution in [0.25, 0.3) is 0 Å². The lowest BCUT2D eigenvalue weighted by molar-refractivity contribution is 0.0766. The van der Waals surface area contributed by atoms with Gasteiger partial charge in [0.15, 0.2) is 0 Å². The lowest BCUT2D eigenvalue weighted by atomic mass is 10.1. The van der Waals surface area contributed by atoms with Crippen molar-refractivity contribution in [3.8, 4) is 0 Å². The SMILES string of the molecule is CONCC1CCOC1. The van der Waals surface area contributed by atoms with Crippen LogP contribution in [0, 0.1) is 5.92 Å². The molecule has 0 radical (unpaired) electrons. The van der Waals surface area contributed by atoms with E-state index in [1.807, 2.05) is 0 Å². The lowest BCUT2D eigenvalue weighted by Crippen LogP contribution is -2.21. The fraction of sp³-hybridized carbons (Fsp3) is 1.00. The molecular formula is C6H13NO2. The Balaban J connectivity index is 1.98. The summed E-state index contributed by atoms with van der Waals surface area (Å²) in [6, 6.07) is 0. The standard InChI is InChI=1S/C6H13NO2/c1-8-7-4-6-2-3-9-5-6/h6-7H,2-5H2,1H3. The van der Waals surface area contributed by atoms with E-state index in [4.69, 9.17) is 9.57 Å². The average Bonchev–Trinajstić information content (AvgIpc) is 2.34. The smallest absolute Gasteiger partial charge is 0.0572 e. The first-order valence-electron chi connectivity index (χ1n) is 3.27. The maximum atomic E-state index is 5.16. The van der Waals surface area contributed by atoms with Crippen LogP contribution in [0.15, 0.2) is 0 Å². The summed E-state index contributed by atoms with van der Waals surface area (Å²) >= 11 is 0. The predicted octanol–water partition coefficient (Wildman–Crippen LogP) is 0.174. The molecule has 1 unspecified atom stereocenters. The molecule has 1 N–H and O–H groups in total. The van der Waals surface area contributed by atoms with Crippen LogP contribution >= 0.6 is 0 Å². The molecule has 1 aliphatic rings. The number of rotatable bonds is 3. The van der Waals surface area contributed by atoms with Crippen LogP contribution in [-0.4, -0.2) is 26.9 Å². The van der Waals surface area contributed by atoms with Gasteiger partial charge in [-0.15, -0.1) is 0 Å². The molecule has 0 spiro atoms. The lowest BCUT2D eigenvalue weighted by Gasteiger charge is -2.05. The van der Waals surface area contributed by atoms with Crippen LogP contribution in [0.3, 0.4) is 0 Å². The minimum Gasteiger partial charge on any atom is -0.381 e. The van der Waals surface area contributed by atoms with Gasteiger partial charge in [-0.25, -0.2) is 5.48 Å². The van der Waals surface area contributed by atoms with Crippen LogP contribution < -0.4 is 5.48 Å². The summed E-state index contributed by atoms with van der Waals surface area (Å²) in [6.07, 6.45) is 1.16. The maximum absolute atomic E-state index is 5.16. The minimum atomic E-state index is 0.657. The molecular weight excluding hydrogens is 118 g/mol. The molecule has 0 amide bonds. The van der Waals surface area contributed by atoms with E-state index in [9.17, 15) is 0 Å². The first-order valence-corrected chi connectivity index (χ1v) is 3.27. The highest BCUT2D eigenvalue weighted by Gasteiger charge is 2.14. The van der Waals surface area contributed by atoms with Crippen molar-refractivity contribution >= 4 is 0 Å². The molecule has 0 bridgehead atoms. The fourth-order valence-corrected chi connectivity index (χ4v) is 0.946. The Kier molecular flexibility index (Phi) is 2.97. The van der Waals surface area contributed by atoms with Crippen molar-refractivity contribution in [3.05, 3.63) is 0 Å². The van der Waals surface area contributed by atoms with Crippen molar-refractivity contribution in [1.29, 1.82) is 0 Å². The Labute approximate surface area is 55.3 Å². The van der Waals surface area contributed by atoms with E-state index in [-0.39, 0.29) is 0 Å². The molecule has 0 saturated carbocycles. The minimum absolute atomic E-state index is 0.657. The first kappa shape index (κ1) is 6.99. The van der Waals surface area contributed by atoms with Gasteiger partial charge in [0.1, 0.15) is 0 Å². The van der Waals surface area contributed by atoms with Crippen molar-refractivity contribution < 1.29 is 9.57 Å². The van der Waals surface area contributed by atoms with E-state index in [1.54, 1.807) is 7.11 Å². The summed E-state index contributed by atoms with van der Waals surface area (Å²) in [5.41, 5.74) is 2.81. The van der Waals surface area contributed by atoms with Gasteiger partial charge in [0.25, 0.3) is 0 Å². The molecule has 3 heteroatoms. The summed E-state index contributed by atoms with van der Waals surface area (Å²) in [7, 11) is 1.63. The summed E-state index contributed by atoms with van der Waals surface area (Å²) < 4.78 is 5.16. The number of hydrogen-bond donors (Lipinski definition) is 1. The van der Waals surface area contributed by atoms with E-state index < -0.39 is 0 Å². The van der Waals surface area contributed by atoms with Crippen molar-refractivity contribution in [3.63, 3.8) is 0 Å². The highest BCUT2D eigenvalue weighted by molar-refractivity contribution is 4.63. The third-order valence-electron chi connectivity index (χ3n) is 1.54. The Morgan fingerprint density at radius 3 is 3.22 bits per heavy atom. The van der Waals surface area contributed by atoms with Gasteiger partial charge in [-0.2, -0.15) is 0 Å². The van der Waals surface area contributed by atoms with Crippen molar-refractivity contribution in [2.45, 2.75) is 6.42 Å². The zero-order valence-corrected chi connectivity index (χ0v) is 5.72. The molecule has 1 fully saturated rings. The summed E-state index contributed by atoms with van der Waals surface area (Å²) in [5, 5.41) is 0. The number of hydrogen-bond acceptors (Lipinski definition) is 3. The summed E-state index contributed by atoms with van der Waals surface area (Å²) in [4.78, 5) is 4.70. The van der Waals surface area contributed by atoms with E-state index in [1.165, 1.54) is 0 Å². The molecule has 0 aromatic rings. The molecule has 3 nitrogen and oxygen atoms in total. The largest absolute Gasteiger partial charge is 0.381 e. The van der Waals surface area contributed by atoms with Gasteiger partial charge in [-0.1, -0.05) is 0 Å². The highest BCUT2D eigenvalue weighted by atomic mass is 16.6. The molecule has 1 rings (SSSR count). The maximum Gasteiger partial charge on any atom is 0.0572 e. The van der Waals surface area contributed by atoms with Gasteiger partial charge in [-0.3, -0.25) is 0 Å². The third-order valence-corrected chi connectivity index (χ3v) is 1.54. The average molecular weight is 131 g/mol. The first-order chi connectivity index (χ1) is 4.43. The zero-order valence-electron chi connectivity index (χ0n) is 5.72. The molecule has 54 valence electrons. The quantitative estimate of drug-likeness (QED) is 0.554. The van der Waals surface area contributed by atoms with Crippen LogP contribution in [-0.2, 0) is 9.57 Å². The van der Waals surface area contributed by atoms with E-state index in [2.05, 4.69) is 5.48 Å². The topological polar surface area (TPSA) is 30.5 Å². The van der Waals surface area contributed by atoms with Crippen molar-refractivity contribution in [2.24, 2.45) is 5.92 Å². The van der Waals surface area contributed by atoms with Gasteiger partial charge in [0.05, 0.1) is 13.7 Å². The molecule has 1 aliphatic heterocycles. The van der Waals surface area contributed by atoms with Gasteiger partial charge in [0, 0.05) is 13.2 Å². The van der Waals surface area contributed by atoms with Gasteiger partial charge in [-0.05, 0) is 12.3 Å². The molecule has 0 aromatic heterocycles. The Morgan fingerprint density at radius 1 is 1.78 bits per heavy atom. The van der Waals surface area contributed by atoms with Gasteiger partial charge < -0.3 is 9.57 Å². The molecule has 1 atom stereocenters. The normalized spacial score (nSPS) is 27.0. The van der Waals surface area contributed by atoms with Crippen LogP contribution in [0.1, 0.15) is 6.42 Å². The molecule has 0 aromatic carbocycles.